The largest absolute Gasteiger partial charge is 0.268 e. The van der Waals surface area contributed by atoms with Crippen molar-refractivity contribution < 1.29 is 0 Å². The van der Waals surface area contributed by atoms with E-state index in [9.17, 15) is 0 Å². The van der Waals surface area contributed by atoms with E-state index < -0.39 is 0 Å². The average Bonchev–Trinajstić information content (AvgIpc) is 2.71. The lowest BCUT2D eigenvalue weighted by Gasteiger charge is -2.07. The summed E-state index contributed by atoms with van der Waals surface area (Å²) in [5.74, 6) is 1.02. The summed E-state index contributed by atoms with van der Waals surface area (Å²) in [6, 6.07) is 10.7. The second-order valence-corrected chi connectivity index (χ2v) is 4.82. The molecule has 0 amide bonds. The van der Waals surface area contributed by atoms with Crippen molar-refractivity contribution in [1.29, 1.82) is 0 Å². The second kappa shape index (κ2) is 4.92. The van der Waals surface area contributed by atoms with Crippen LogP contribution in [0.25, 0.3) is 11.3 Å². The van der Waals surface area contributed by atoms with Crippen molar-refractivity contribution in [3.8, 4) is 11.3 Å². The molecular formula is C14H17ClN2. The van der Waals surface area contributed by atoms with Crippen LogP contribution in [-0.2, 0) is 12.9 Å². The van der Waals surface area contributed by atoms with Crippen LogP contribution < -0.4 is 0 Å². The van der Waals surface area contributed by atoms with Crippen LogP contribution in [0.1, 0.15) is 31.0 Å². The normalized spacial score (nSPS) is 11.1. The van der Waals surface area contributed by atoms with Gasteiger partial charge in [-0.25, -0.2) is 0 Å². The maximum Gasteiger partial charge on any atom is 0.0778 e. The summed E-state index contributed by atoms with van der Waals surface area (Å²) in [5.41, 5.74) is 4.56. The lowest BCUT2D eigenvalue weighted by Crippen LogP contribution is -1.94. The quantitative estimate of drug-likeness (QED) is 0.752. The molecule has 2 aromatic rings. The molecule has 0 saturated carbocycles. The Balaban J connectivity index is 2.36. The first-order chi connectivity index (χ1) is 8.11. The third kappa shape index (κ3) is 2.52. The van der Waals surface area contributed by atoms with Gasteiger partial charge in [0.2, 0.25) is 0 Å². The fourth-order valence-electron chi connectivity index (χ4n) is 1.90. The van der Waals surface area contributed by atoms with Crippen LogP contribution in [0.2, 0.25) is 0 Å². The van der Waals surface area contributed by atoms with Gasteiger partial charge in [0.15, 0.2) is 0 Å². The van der Waals surface area contributed by atoms with Crippen LogP contribution in [0.4, 0.5) is 0 Å². The summed E-state index contributed by atoms with van der Waals surface area (Å²) < 4.78 is 1.88. The Morgan fingerprint density at radius 3 is 2.35 bits per heavy atom. The van der Waals surface area contributed by atoms with Crippen LogP contribution >= 0.6 is 11.6 Å². The first-order valence-corrected chi connectivity index (χ1v) is 6.34. The Morgan fingerprint density at radius 1 is 1.24 bits per heavy atom. The molecule has 1 heterocycles. The summed E-state index contributed by atoms with van der Waals surface area (Å²) in [7, 11) is 1.95. The van der Waals surface area contributed by atoms with E-state index >= 15 is 0 Å². The monoisotopic (exact) mass is 248 g/mol. The maximum atomic E-state index is 5.79. The van der Waals surface area contributed by atoms with Gasteiger partial charge in [-0.05, 0) is 23.1 Å². The number of aromatic nitrogens is 2. The molecule has 0 aliphatic heterocycles. The maximum absolute atomic E-state index is 5.79. The molecule has 0 atom stereocenters. The van der Waals surface area contributed by atoms with Crippen molar-refractivity contribution in [2.24, 2.45) is 7.05 Å². The lowest BCUT2D eigenvalue weighted by atomic mass is 10.0. The number of alkyl halides is 1. The predicted molar refractivity (Wildman–Crippen MR) is 72.3 cm³/mol. The van der Waals surface area contributed by atoms with Gasteiger partial charge in [-0.1, -0.05) is 38.1 Å². The summed E-state index contributed by atoms with van der Waals surface area (Å²) in [6.45, 7) is 4.40. The van der Waals surface area contributed by atoms with Gasteiger partial charge in [0.25, 0.3) is 0 Å². The van der Waals surface area contributed by atoms with E-state index in [2.05, 4.69) is 43.2 Å². The summed E-state index contributed by atoms with van der Waals surface area (Å²) in [6.07, 6.45) is 0. The van der Waals surface area contributed by atoms with E-state index in [4.69, 9.17) is 11.6 Å². The molecule has 0 spiro atoms. The van der Waals surface area contributed by atoms with Gasteiger partial charge < -0.3 is 0 Å². The SMILES string of the molecule is CC(C)c1ccc(-c2cc(CCl)nn2C)cc1. The molecule has 0 bridgehead atoms. The fraction of sp³-hybridized carbons (Fsp3) is 0.357. The van der Waals surface area contributed by atoms with Gasteiger partial charge >= 0.3 is 0 Å². The van der Waals surface area contributed by atoms with Gasteiger partial charge in [-0.3, -0.25) is 4.68 Å². The van der Waals surface area contributed by atoms with E-state index in [-0.39, 0.29) is 0 Å². The summed E-state index contributed by atoms with van der Waals surface area (Å²) in [5, 5.41) is 4.35. The molecule has 0 N–H and O–H groups in total. The summed E-state index contributed by atoms with van der Waals surface area (Å²) >= 11 is 5.79. The third-order valence-corrected chi connectivity index (χ3v) is 3.21. The first kappa shape index (κ1) is 12.2. The molecule has 0 radical (unpaired) electrons. The third-order valence-electron chi connectivity index (χ3n) is 2.94. The molecular weight excluding hydrogens is 232 g/mol. The molecule has 1 aromatic heterocycles. The minimum Gasteiger partial charge on any atom is -0.268 e. The molecule has 90 valence electrons. The number of hydrogen-bond acceptors (Lipinski definition) is 1. The zero-order valence-corrected chi connectivity index (χ0v) is 11.2. The van der Waals surface area contributed by atoms with E-state index in [0.717, 1.165) is 11.4 Å². The van der Waals surface area contributed by atoms with Crippen molar-refractivity contribution >= 4 is 11.6 Å². The van der Waals surface area contributed by atoms with Gasteiger partial charge in [0, 0.05) is 7.05 Å². The lowest BCUT2D eigenvalue weighted by molar-refractivity contribution is 0.761. The zero-order valence-electron chi connectivity index (χ0n) is 10.4. The van der Waals surface area contributed by atoms with Crippen LogP contribution in [0.3, 0.4) is 0 Å². The Labute approximate surface area is 107 Å². The minimum absolute atomic E-state index is 0.456. The van der Waals surface area contributed by atoms with Crippen molar-refractivity contribution in [2.75, 3.05) is 0 Å². The molecule has 1 aromatic carbocycles. The molecule has 3 heteroatoms. The van der Waals surface area contributed by atoms with Crippen molar-refractivity contribution in [3.63, 3.8) is 0 Å². The number of nitrogens with zero attached hydrogens (tertiary/aromatic N) is 2. The Kier molecular flexibility index (Phi) is 3.53. The number of rotatable bonds is 3. The number of benzene rings is 1. The molecule has 2 rings (SSSR count). The van der Waals surface area contributed by atoms with Crippen molar-refractivity contribution in [1.82, 2.24) is 9.78 Å². The minimum atomic E-state index is 0.456. The van der Waals surface area contributed by atoms with E-state index in [1.807, 2.05) is 17.8 Å². The Bertz CT molecular complexity index is 497. The van der Waals surface area contributed by atoms with Crippen LogP contribution in [0, 0.1) is 0 Å². The Morgan fingerprint density at radius 2 is 1.88 bits per heavy atom. The predicted octanol–water partition coefficient (Wildman–Crippen LogP) is 3.95. The van der Waals surface area contributed by atoms with E-state index in [1.165, 1.54) is 11.1 Å². The molecule has 0 aliphatic carbocycles. The van der Waals surface area contributed by atoms with Crippen molar-refractivity contribution in [2.45, 2.75) is 25.6 Å². The highest BCUT2D eigenvalue weighted by Crippen LogP contribution is 2.23. The van der Waals surface area contributed by atoms with Gasteiger partial charge in [0.1, 0.15) is 0 Å². The van der Waals surface area contributed by atoms with E-state index in [1.54, 1.807) is 0 Å². The molecule has 0 fully saturated rings. The highest BCUT2D eigenvalue weighted by Gasteiger charge is 2.07. The topological polar surface area (TPSA) is 17.8 Å². The highest BCUT2D eigenvalue weighted by atomic mass is 35.5. The van der Waals surface area contributed by atoms with Gasteiger partial charge in [0.05, 0.1) is 17.3 Å². The number of halogens is 1. The molecule has 17 heavy (non-hydrogen) atoms. The Hall–Kier alpha value is -1.28. The fourth-order valence-corrected chi connectivity index (χ4v) is 2.03. The van der Waals surface area contributed by atoms with Crippen molar-refractivity contribution in [3.05, 3.63) is 41.6 Å². The number of aryl methyl sites for hydroxylation is 1. The van der Waals surface area contributed by atoms with Crippen LogP contribution in [0.5, 0.6) is 0 Å². The van der Waals surface area contributed by atoms with E-state index in [0.29, 0.717) is 11.8 Å². The summed E-state index contributed by atoms with van der Waals surface area (Å²) in [4.78, 5) is 0. The smallest absolute Gasteiger partial charge is 0.0778 e. The molecule has 0 unspecified atom stereocenters. The van der Waals surface area contributed by atoms with Crippen LogP contribution in [0.15, 0.2) is 30.3 Å². The molecule has 2 nitrogen and oxygen atoms in total. The first-order valence-electron chi connectivity index (χ1n) is 5.81. The zero-order chi connectivity index (χ0) is 12.4. The van der Waals surface area contributed by atoms with Gasteiger partial charge in [-0.2, -0.15) is 5.10 Å². The standard InChI is InChI=1S/C14H17ClN2/c1-10(2)11-4-6-12(7-5-11)14-8-13(9-15)16-17(14)3/h4-8,10H,9H2,1-3H3. The molecule has 0 aliphatic rings. The average molecular weight is 249 g/mol. The molecule has 0 saturated heterocycles. The highest BCUT2D eigenvalue weighted by molar-refractivity contribution is 6.16. The number of hydrogen-bond donors (Lipinski definition) is 0. The second-order valence-electron chi connectivity index (χ2n) is 4.55. The van der Waals surface area contributed by atoms with Crippen LogP contribution in [-0.4, -0.2) is 9.78 Å². The van der Waals surface area contributed by atoms with Gasteiger partial charge in [-0.15, -0.1) is 11.6 Å².